The monoisotopic (exact) mass is 378 g/mol. The lowest BCUT2D eigenvalue weighted by Gasteiger charge is -2.06. The largest absolute Gasteiger partial charge is 0.268 e. The molecule has 0 bridgehead atoms. The van der Waals surface area contributed by atoms with E-state index in [0.29, 0.717) is 27.5 Å². The van der Waals surface area contributed by atoms with Gasteiger partial charge in [0.15, 0.2) is 5.13 Å². The standard InChI is InChI=1S/C18H11FN6OS/c1-10-15-13(25-17(23-10)21-9-22-25)6-7-24(16(15)26)18-20-8-14(27-18)11-2-4-12(19)5-3-11/h2-9H,1H3. The third-order valence-electron chi connectivity index (χ3n) is 4.29. The molecule has 0 spiro atoms. The van der Waals surface area contributed by atoms with E-state index in [-0.39, 0.29) is 11.4 Å². The van der Waals surface area contributed by atoms with Gasteiger partial charge in [-0.15, -0.1) is 0 Å². The van der Waals surface area contributed by atoms with Crippen molar-refractivity contribution in [2.45, 2.75) is 6.92 Å². The molecule has 4 heterocycles. The molecule has 0 radical (unpaired) electrons. The SMILES string of the molecule is Cc1nc2ncnn2c2ccn(-c3ncc(-c4ccc(F)cc4)s3)c(=O)c12. The van der Waals surface area contributed by atoms with E-state index in [1.165, 1.54) is 34.4 Å². The smallest absolute Gasteiger partial charge is 0.268 e. The first kappa shape index (κ1) is 15.8. The summed E-state index contributed by atoms with van der Waals surface area (Å²) in [5.41, 5.74) is 1.85. The highest BCUT2D eigenvalue weighted by atomic mass is 32.1. The van der Waals surface area contributed by atoms with Crippen LogP contribution in [0.2, 0.25) is 0 Å². The Morgan fingerprint density at radius 3 is 2.74 bits per heavy atom. The maximum Gasteiger partial charge on any atom is 0.268 e. The van der Waals surface area contributed by atoms with Gasteiger partial charge in [0.1, 0.15) is 12.1 Å². The summed E-state index contributed by atoms with van der Waals surface area (Å²) < 4.78 is 16.1. The molecule has 9 heteroatoms. The topological polar surface area (TPSA) is 78.0 Å². The number of thiazole rings is 1. The van der Waals surface area contributed by atoms with Gasteiger partial charge in [0.05, 0.1) is 21.5 Å². The number of halogens is 1. The summed E-state index contributed by atoms with van der Waals surface area (Å²) in [5.74, 6) is 0.154. The molecule has 0 amide bonds. The molecule has 0 aliphatic rings. The zero-order chi connectivity index (χ0) is 18.5. The minimum atomic E-state index is -0.295. The van der Waals surface area contributed by atoms with Crippen LogP contribution in [-0.2, 0) is 0 Å². The van der Waals surface area contributed by atoms with Gasteiger partial charge in [-0.3, -0.25) is 9.36 Å². The molecule has 0 aliphatic carbocycles. The Morgan fingerprint density at radius 1 is 1.11 bits per heavy atom. The number of pyridine rings is 1. The summed E-state index contributed by atoms with van der Waals surface area (Å²) >= 11 is 1.35. The van der Waals surface area contributed by atoms with E-state index >= 15 is 0 Å². The van der Waals surface area contributed by atoms with Crippen molar-refractivity contribution in [2.24, 2.45) is 0 Å². The summed E-state index contributed by atoms with van der Waals surface area (Å²) in [6, 6.07) is 7.97. The Morgan fingerprint density at radius 2 is 1.93 bits per heavy atom. The van der Waals surface area contributed by atoms with E-state index in [9.17, 15) is 9.18 Å². The second-order valence-corrected chi connectivity index (χ2v) is 6.94. The van der Waals surface area contributed by atoms with E-state index in [1.807, 2.05) is 0 Å². The number of nitrogens with zero attached hydrogens (tertiary/aromatic N) is 6. The first-order valence-electron chi connectivity index (χ1n) is 8.06. The van der Waals surface area contributed by atoms with Gasteiger partial charge in [0.25, 0.3) is 11.3 Å². The molecule has 0 saturated heterocycles. The first-order valence-corrected chi connectivity index (χ1v) is 8.87. The summed E-state index contributed by atoms with van der Waals surface area (Å²) in [5, 5.41) is 5.13. The van der Waals surface area contributed by atoms with Crippen LogP contribution in [0.15, 0.2) is 53.8 Å². The molecule has 4 aromatic heterocycles. The van der Waals surface area contributed by atoms with Crippen LogP contribution in [0, 0.1) is 12.7 Å². The highest BCUT2D eigenvalue weighted by Gasteiger charge is 2.15. The van der Waals surface area contributed by atoms with Crippen molar-refractivity contribution in [3.8, 4) is 15.6 Å². The number of aromatic nitrogens is 6. The number of benzene rings is 1. The number of hydrogen-bond donors (Lipinski definition) is 0. The maximum atomic E-state index is 13.1. The number of rotatable bonds is 2. The average molecular weight is 378 g/mol. The molecule has 5 rings (SSSR count). The molecule has 0 saturated carbocycles. The summed E-state index contributed by atoms with van der Waals surface area (Å²) in [7, 11) is 0. The molecule has 0 fully saturated rings. The summed E-state index contributed by atoms with van der Waals surface area (Å²) in [6.07, 6.45) is 4.75. The van der Waals surface area contributed by atoms with Crippen LogP contribution in [0.4, 0.5) is 4.39 Å². The van der Waals surface area contributed by atoms with Crippen molar-refractivity contribution >= 4 is 28.0 Å². The van der Waals surface area contributed by atoms with Crippen LogP contribution < -0.4 is 5.56 Å². The molecule has 1 aromatic carbocycles. The Balaban J connectivity index is 1.69. The maximum absolute atomic E-state index is 13.1. The third-order valence-corrected chi connectivity index (χ3v) is 5.33. The van der Waals surface area contributed by atoms with Crippen molar-refractivity contribution in [2.75, 3.05) is 0 Å². The van der Waals surface area contributed by atoms with E-state index in [4.69, 9.17) is 0 Å². The molecular weight excluding hydrogens is 367 g/mol. The lowest BCUT2D eigenvalue weighted by molar-refractivity contribution is 0.628. The van der Waals surface area contributed by atoms with Crippen molar-refractivity contribution < 1.29 is 4.39 Å². The van der Waals surface area contributed by atoms with Gasteiger partial charge in [0.2, 0.25) is 0 Å². The van der Waals surface area contributed by atoms with Crippen LogP contribution in [0.5, 0.6) is 0 Å². The zero-order valence-electron chi connectivity index (χ0n) is 14.0. The Bertz CT molecular complexity index is 1370. The highest BCUT2D eigenvalue weighted by molar-refractivity contribution is 7.17. The quantitative estimate of drug-likeness (QED) is 0.472. The predicted molar refractivity (Wildman–Crippen MR) is 99.7 cm³/mol. The minimum Gasteiger partial charge on any atom is -0.268 e. The van der Waals surface area contributed by atoms with Gasteiger partial charge in [-0.1, -0.05) is 23.5 Å². The van der Waals surface area contributed by atoms with Crippen LogP contribution in [0.25, 0.3) is 32.3 Å². The van der Waals surface area contributed by atoms with Gasteiger partial charge in [-0.05, 0) is 30.7 Å². The summed E-state index contributed by atoms with van der Waals surface area (Å²) in [6.45, 7) is 1.77. The van der Waals surface area contributed by atoms with Crippen LogP contribution in [0.1, 0.15) is 5.69 Å². The summed E-state index contributed by atoms with van der Waals surface area (Å²) in [4.78, 5) is 26.7. The molecule has 7 nitrogen and oxygen atoms in total. The predicted octanol–water partition coefficient (Wildman–Crippen LogP) is 3.00. The highest BCUT2D eigenvalue weighted by Crippen LogP contribution is 2.28. The fourth-order valence-electron chi connectivity index (χ4n) is 3.00. The average Bonchev–Trinajstić information content (AvgIpc) is 3.32. The molecule has 5 aromatic rings. The van der Waals surface area contributed by atoms with Crippen LogP contribution in [-0.4, -0.2) is 29.1 Å². The molecular formula is C18H11FN6OS. The van der Waals surface area contributed by atoms with E-state index in [2.05, 4.69) is 20.1 Å². The molecule has 132 valence electrons. The van der Waals surface area contributed by atoms with Gasteiger partial charge in [-0.25, -0.2) is 14.4 Å². The minimum absolute atomic E-state index is 0.227. The second kappa shape index (κ2) is 5.78. The first-order chi connectivity index (χ1) is 13.1. The van der Waals surface area contributed by atoms with E-state index in [1.54, 1.807) is 42.0 Å². The fraction of sp³-hybridized carbons (Fsp3) is 0.0556. The van der Waals surface area contributed by atoms with Crippen LogP contribution in [0.3, 0.4) is 0 Å². The Labute approximate surface area is 155 Å². The van der Waals surface area contributed by atoms with Crippen LogP contribution >= 0.6 is 11.3 Å². The third kappa shape index (κ3) is 2.43. The molecule has 0 aliphatic heterocycles. The zero-order valence-corrected chi connectivity index (χ0v) is 14.8. The van der Waals surface area contributed by atoms with Crippen molar-refractivity contribution in [3.05, 3.63) is 70.9 Å². The van der Waals surface area contributed by atoms with Gasteiger partial charge in [0, 0.05) is 12.4 Å². The van der Waals surface area contributed by atoms with Gasteiger partial charge < -0.3 is 0 Å². The normalized spacial score (nSPS) is 11.5. The fourth-order valence-corrected chi connectivity index (χ4v) is 3.91. The van der Waals surface area contributed by atoms with E-state index < -0.39 is 0 Å². The lowest BCUT2D eigenvalue weighted by Crippen LogP contribution is -2.19. The lowest BCUT2D eigenvalue weighted by atomic mass is 10.2. The molecule has 0 atom stereocenters. The number of fused-ring (bicyclic) bond motifs is 3. The van der Waals surface area contributed by atoms with E-state index in [0.717, 1.165) is 10.4 Å². The van der Waals surface area contributed by atoms with Gasteiger partial charge in [-0.2, -0.15) is 14.6 Å². The Kier molecular flexibility index (Phi) is 3.37. The van der Waals surface area contributed by atoms with Crippen molar-refractivity contribution in [3.63, 3.8) is 0 Å². The number of hydrogen-bond acceptors (Lipinski definition) is 6. The second-order valence-electron chi connectivity index (χ2n) is 5.93. The van der Waals surface area contributed by atoms with Crippen molar-refractivity contribution in [1.29, 1.82) is 0 Å². The molecule has 0 unspecified atom stereocenters. The van der Waals surface area contributed by atoms with Crippen molar-refractivity contribution in [1.82, 2.24) is 29.1 Å². The Hall–Kier alpha value is -3.46. The molecule has 0 N–H and O–H groups in total. The molecule has 27 heavy (non-hydrogen) atoms. The number of aryl methyl sites for hydroxylation is 1. The van der Waals surface area contributed by atoms with Gasteiger partial charge >= 0.3 is 0 Å².